The van der Waals surface area contributed by atoms with Crippen LogP contribution in [0.4, 0.5) is 8.78 Å². The van der Waals surface area contributed by atoms with E-state index in [1.807, 2.05) is 36.0 Å². The Bertz CT molecular complexity index is 1380. The minimum Gasteiger partial charge on any atom is -0.489 e. The van der Waals surface area contributed by atoms with Crippen LogP contribution in [0.5, 0.6) is 11.5 Å². The number of hydrogen-bond donors (Lipinski definition) is 1. The first-order valence-corrected chi connectivity index (χ1v) is 10.2. The second kappa shape index (κ2) is 8.70. The van der Waals surface area contributed by atoms with E-state index in [1.165, 1.54) is 12.1 Å². The second-order valence-electron chi connectivity index (χ2n) is 7.46. The van der Waals surface area contributed by atoms with Crippen molar-refractivity contribution >= 4 is 11.2 Å². The number of fused-ring (bicyclic) bond motifs is 1. The molecule has 0 spiro atoms. The maximum Gasteiger partial charge on any atom is 0.178 e. The van der Waals surface area contributed by atoms with Crippen molar-refractivity contribution in [1.29, 1.82) is 0 Å². The Morgan fingerprint density at radius 2 is 1.67 bits per heavy atom. The molecule has 0 unspecified atom stereocenters. The molecule has 0 bridgehead atoms. The molecule has 166 valence electrons. The minimum absolute atomic E-state index is 0.0153. The maximum atomic E-state index is 13.5. The Morgan fingerprint density at radius 3 is 2.36 bits per heavy atom. The highest BCUT2D eigenvalue weighted by molar-refractivity contribution is 5.76. The van der Waals surface area contributed by atoms with E-state index in [2.05, 4.69) is 19.9 Å². The standard InChI is InChI=1S/C24H19F2N5O2/c1-31-6-5-27-22(31)14-33-20-10-16(23-29-21-3-2-4-28-24(21)30-23)9-19(12-20)32-13-15-7-17(25)11-18(26)8-15/h2-12H,13-14H2,1H3,(H,28,29,30). The van der Waals surface area contributed by atoms with Crippen LogP contribution in [-0.4, -0.2) is 24.5 Å². The van der Waals surface area contributed by atoms with Crippen molar-refractivity contribution in [3.63, 3.8) is 0 Å². The van der Waals surface area contributed by atoms with Crippen LogP contribution in [0.15, 0.2) is 67.1 Å². The molecule has 3 aromatic heterocycles. The molecule has 0 aliphatic heterocycles. The summed E-state index contributed by atoms with van der Waals surface area (Å²) in [6.45, 7) is 0.238. The van der Waals surface area contributed by atoms with Crippen LogP contribution >= 0.6 is 0 Å². The number of H-pyrrole nitrogens is 1. The first-order chi connectivity index (χ1) is 16.0. The molecule has 2 aromatic carbocycles. The van der Waals surface area contributed by atoms with Gasteiger partial charge in [-0.15, -0.1) is 0 Å². The number of aromatic amines is 1. The SMILES string of the molecule is Cn1ccnc1COc1cc(OCc2cc(F)cc(F)c2)cc(-c2nc3ncccc3[nH]2)c1. The highest BCUT2D eigenvalue weighted by Crippen LogP contribution is 2.30. The van der Waals surface area contributed by atoms with Gasteiger partial charge >= 0.3 is 0 Å². The van der Waals surface area contributed by atoms with E-state index < -0.39 is 11.6 Å². The largest absolute Gasteiger partial charge is 0.489 e. The van der Waals surface area contributed by atoms with Crippen molar-refractivity contribution in [1.82, 2.24) is 24.5 Å². The maximum absolute atomic E-state index is 13.5. The summed E-state index contributed by atoms with van der Waals surface area (Å²) in [5.41, 5.74) is 2.47. The van der Waals surface area contributed by atoms with Crippen molar-refractivity contribution in [2.75, 3.05) is 0 Å². The molecule has 1 N–H and O–H groups in total. The van der Waals surface area contributed by atoms with E-state index in [0.29, 0.717) is 34.1 Å². The summed E-state index contributed by atoms with van der Waals surface area (Å²) >= 11 is 0. The fourth-order valence-corrected chi connectivity index (χ4v) is 3.40. The summed E-state index contributed by atoms with van der Waals surface area (Å²) in [6, 6.07) is 12.3. The third kappa shape index (κ3) is 4.67. The Balaban J connectivity index is 1.45. The van der Waals surface area contributed by atoms with Gasteiger partial charge in [0.15, 0.2) is 5.65 Å². The van der Waals surface area contributed by atoms with Crippen molar-refractivity contribution < 1.29 is 18.3 Å². The number of imidazole rings is 2. The topological polar surface area (TPSA) is 77.8 Å². The Morgan fingerprint density at radius 1 is 0.909 bits per heavy atom. The lowest BCUT2D eigenvalue weighted by Crippen LogP contribution is -2.03. The smallest absolute Gasteiger partial charge is 0.178 e. The van der Waals surface area contributed by atoms with Crippen LogP contribution in [0.3, 0.4) is 0 Å². The number of aryl methyl sites for hydroxylation is 1. The predicted molar refractivity (Wildman–Crippen MR) is 118 cm³/mol. The normalized spacial score (nSPS) is 11.1. The molecule has 0 aliphatic rings. The molecule has 33 heavy (non-hydrogen) atoms. The summed E-state index contributed by atoms with van der Waals surface area (Å²) < 4.78 is 40.7. The number of pyridine rings is 1. The average molecular weight is 447 g/mol. The van der Waals surface area contributed by atoms with Crippen molar-refractivity contribution in [2.45, 2.75) is 13.2 Å². The Kier molecular flexibility index (Phi) is 5.43. The Hall–Kier alpha value is -4.27. The molecule has 7 nitrogen and oxygen atoms in total. The number of benzene rings is 2. The van der Waals surface area contributed by atoms with Crippen LogP contribution in [0.2, 0.25) is 0 Å². The second-order valence-corrected chi connectivity index (χ2v) is 7.46. The van der Waals surface area contributed by atoms with Crippen LogP contribution in [0.25, 0.3) is 22.6 Å². The number of rotatable bonds is 7. The van der Waals surface area contributed by atoms with Gasteiger partial charge in [-0.3, -0.25) is 0 Å². The minimum atomic E-state index is -0.656. The number of aromatic nitrogens is 5. The average Bonchev–Trinajstić information content (AvgIpc) is 3.41. The van der Waals surface area contributed by atoms with Gasteiger partial charge in [-0.2, -0.15) is 0 Å². The summed E-state index contributed by atoms with van der Waals surface area (Å²) in [4.78, 5) is 16.3. The van der Waals surface area contributed by atoms with Gasteiger partial charge in [-0.05, 0) is 42.0 Å². The van der Waals surface area contributed by atoms with Gasteiger partial charge in [0.25, 0.3) is 0 Å². The van der Waals surface area contributed by atoms with E-state index in [4.69, 9.17) is 9.47 Å². The zero-order valence-electron chi connectivity index (χ0n) is 17.6. The molecule has 0 aliphatic carbocycles. The number of hydrogen-bond acceptors (Lipinski definition) is 5. The number of nitrogens with zero attached hydrogens (tertiary/aromatic N) is 4. The third-order valence-electron chi connectivity index (χ3n) is 5.03. The summed E-state index contributed by atoms with van der Waals surface area (Å²) in [5.74, 6) is 1.02. The molecule has 0 saturated carbocycles. The van der Waals surface area contributed by atoms with E-state index >= 15 is 0 Å². The molecule has 3 heterocycles. The lowest BCUT2D eigenvalue weighted by atomic mass is 10.2. The first-order valence-electron chi connectivity index (χ1n) is 10.2. The van der Waals surface area contributed by atoms with Gasteiger partial charge in [-0.1, -0.05) is 0 Å². The Labute approximate surface area is 187 Å². The molecule has 0 radical (unpaired) electrons. The van der Waals surface area contributed by atoms with Gasteiger partial charge < -0.3 is 19.0 Å². The lowest BCUT2D eigenvalue weighted by molar-refractivity contribution is 0.281. The van der Waals surface area contributed by atoms with Crippen molar-refractivity contribution in [2.24, 2.45) is 7.05 Å². The quantitative estimate of drug-likeness (QED) is 0.388. The molecule has 5 aromatic rings. The predicted octanol–water partition coefficient (Wildman–Crippen LogP) is 4.79. The zero-order valence-corrected chi connectivity index (χ0v) is 17.6. The van der Waals surface area contributed by atoms with E-state index in [0.717, 1.165) is 17.4 Å². The summed E-state index contributed by atoms with van der Waals surface area (Å²) in [7, 11) is 1.89. The molecule has 9 heteroatoms. The summed E-state index contributed by atoms with van der Waals surface area (Å²) in [5, 5.41) is 0. The molecule has 0 amide bonds. The van der Waals surface area contributed by atoms with Crippen molar-refractivity contribution in [3.05, 3.63) is 90.1 Å². The number of halogens is 2. The van der Waals surface area contributed by atoms with Gasteiger partial charge in [0.05, 0.1) is 5.52 Å². The summed E-state index contributed by atoms with van der Waals surface area (Å²) in [6.07, 6.45) is 5.21. The molecule has 0 saturated heterocycles. The lowest BCUT2D eigenvalue weighted by Gasteiger charge is -2.12. The van der Waals surface area contributed by atoms with Crippen LogP contribution in [0, 0.1) is 11.6 Å². The molecular weight excluding hydrogens is 428 g/mol. The molecule has 5 rings (SSSR count). The van der Waals surface area contributed by atoms with Gasteiger partial charge in [0.2, 0.25) is 0 Å². The number of ether oxygens (including phenoxy) is 2. The van der Waals surface area contributed by atoms with Gasteiger partial charge in [-0.25, -0.2) is 23.7 Å². The third-order valence-corrected chi connectivity index (χ3v) is 5.03. The van der Waals surface area contributed by atoms with E-state index in [9.17, 15) is 8.78 Å². The monoisotopic (exact) mass is 447 g/mol. The fourth-order valence-electron chi connectivity index (χ4n) is 3.40. The van der Waals surface area contributed by atoms with E-state index in [-0.39, 0.29) is 13.2 Å². The fraction of sp³-hybridized carbons (Fsp3) is 0.125. The van der Waals surface area contributed by atoms with Crippen molar-refractivity contribution in [3.8, 4) is 22.9 Å². The first kappa shape index (κ1) is 20.6. The van der Waals surface area contributed by atoms with Crippen LogP contribution < -0.4 is 9.47 Å². The van der Waals surface area contributed by atoms with Gasteiger partial charge in [0.1, 0.15) is 48.0 Å². The molecule has 0 atom stereocenters. The highest BCUT2D eigenvalue weighted by Gasteiger charge is 2.12. The zero-order chi connectivity index (χ0) is 22.8. The highest BCUT2D eigenvalue weighted by atomic mass is 19.1. The van der Waals surface area contributed by atoms with E-state index in [1.54, 1.807) is 24.5 Å². The van der Waals surface area contributed by atoms with Gasteiger partial charge in [0, 0.05) is 43.3 Å². The van der Waals surface area contributed by atoms with Crippen LogP contribution in [-0.2, 0) is 20.3 Å². The van der Waals surface area contributed by atoms with Crippen LogP contribution in [0.1, 0.15) is 11.4 Å². The molecular formula is C24H19F2N5O2. The number of nitrogens with one attached hydrogen (secondary N) is 1. The molecule has 0 fully saturated rings.